The molecule has 94 valence electrons. The summed E-state index contributed by atoms with van der Waals surface area (Å²) in [6, 6.07) is 9.07. The summed E-state index contributed by atoms with van der Waals surface area (Å²) in [6.07, 6.45) is 8.30. The van der Waals surface area contributed by atoms with Crippen LogP contribution < -0.4 is 10.1 Å². The Morgan fingerprint density at radius 2 is 1.71 bits per heavy atom. The van der Waals surface area contributed by atoms with Crippen LogP contribution in [-0.4, -0.2) is 13.2 Å². The lowest BCUT2D eigenvalue weighted by Gasteiger charge is -2.16. The van der Waals surface area contributed by atoms with Gasteiger partial charge in [-0.3, -0.25) is 0 Å². The van der Waals surface area contributed by atoms with Gasteiger partial charge in [0.15, 0.2) is 0 Å². The molecule has 0 unspecified atom stereocenters. The van der Waals surface area contributed by atoms with E-state index in [1.807, 2.05) is 12.1 Å². The number of benzene rings is 1. The zero-order chi connectivity index (χ0) is 11.9. The molecule has 0 aliphatic heterocycles. The fraction of sp³-hybridized carbons (Fsp3) is 0.600. The van der Waals surface area contributed by atoms with Gasteiger partial charge in [-0.1, -0.05) is 37.8 Å². The minimum absolute atomic E-state index is 0.722. The van der Waals surface area contributed by atoms with Crippen molar-refractivity contribution in [2.75, 3.05) is 7.11 Å². The minimum Gasteiger partial charge on any atom is -0.497 e. The molecule has 1 fully saturated rings. The average Bonchev–Trinajstić information content (AvgIpc) is 2.65. The summed E-state index contributed by atoms with van der Waals surface area (Å²) in [7, 11) is 1.71. The molecular formula is C15H23NO. The van der Waals surface area contributed by atoms with Crippen LogP contribution in [0.25, 0.3) is 0 Å². The Morgan fingerprint density at radius 1 is 1.06 bits per heavy atom. The van der Waals surface area contributed by atoms with Crippen LogP contribution in [0, 0.1) is 0 Å². The summed E-state index contributed by atoms with van der Waals surface area (Å²) in [5, 5.41) is 3.67. The van der Waals surface area contributed by atoms with Crippen LogP contribution in [0.3, 0.4) is 0 Å². The van der Waals surface area contributed by atoms with E-state index in [9.17, 15) is 0 Å². The van der Waals surface area contributed by atoms with E-state index in [2.05, 4.69) is 17.4 Å². The molecule has 1 aliphatic carbocycles. The number of hydrogen-bond donors (Lipinski definition) is 1. The Hall–Kier alpha value is -1.02. The van der Waals surface area contributed by atoms with Gasteiger partial charge in [-0.05, 0) is 30.5 Å². The Balaban J connectivity index is 1.79. The van der Waals surface area contributed by atoms with E-state index < -0.39 is 0 Å². The summed E-state index contributed by atoms with van der Waals surface area (Å²) < 4.78 is 5.16. The fourth-order valence-corrected chi connectivity index (χ4v) is 2.49. The monoisotopic (exact) mass is 233 g/mol. The fourth-order valence-electron chi connectivity index (χ4n) is 2.49. The molecule has 1 aliphatic rings. The van der Waals surface area contributed by atoms with Crippen LogP contribution in [0.4, 0.5) is 0 Å². The van der Waals surface area contributed by atoms with E-state index in [0.29, 0.717) is 0 Å². The van der Waals surface area contributed by atoms with Gasteiger partial charge in [-0.2, -0.15) is 0 Å². The van der Waals surface area contributed by atoms with Crippen molar-refractivity contribution in [1.82, 2.24) is 5.32 Å². The predicted octanol–water partition coefficient (Wildman–Crippen LogP) is 3.51. The highest BCUT2D eigenvalue weighted by Crippen LogP contribution is 2.18. The van der Waals surface area contributed by atoms with Crippen molar-refractivity contribution in [3.63, 3.8) is 0 Å². The SMILES string of the molecule is COc1ccc(CNC2CCCCCC2)cc1. The highest BCUT2D eigenvalue weighted by Gasteiger charge is 2.10. The van der Waals surface area contributed by atoms with Crippen molar-refractivity contribution in [1.29, 1.82) is 0 Å². The van der Waals surface area contributed by atoms with Crippen molar-refractivity contribution < 1.29 is 4.74 Å². The molecule has 0 atom stereocenters. The minimum atomic E-state index is 0.722. The van der Waals surface area contributed by atoms with E-state index in [4.69, 9.17) is 4.74 Å². The third kappa shape index (κ3) is 4.04. The molecule has 2 nitrogen and oxygen atoms in total. The summed E-state index contributed by atoms with van der Waals surface area (Å²) in [5.41, 5.74) is 1.34. The van der Waals surface area contributed by atoms with Crippen LogP contribution in [0.2, 0.25) is 0 Å². The van der Waals surface area contributed by atoms with Crippen LogP contribution in [0.5, 0.6) is 5.75 Å². The largest absolute Gasteiger partial charge is 0.497 e. The molecule has 2 rings (SSSR count). The number of methoxy groups -OCH3 is 1. The van der Waals surface area contributed by atoms with Crippen LogP contribution in [-0.2, 0) is 6.54 Å². The topological polar surface area (TPSA) is 21.3 Å². The predicted molar refractivity (Wildman–Crippen MR) is 71.3 cm³/mol. The lowest BCUT2D eigenvalue weighted by Crippen LogP contribution is -2.27. The summed E-state index contributed by atoms with van der Waals surface area (Å²) in [6.45, 7) is 0.981. The van der Waals surface area contributed by atoms with Crippen molar-refractivity contribution in [3.05, 3.63) is 29.8 Å². The first kappa shape index (κ1) is 12.4. The number of rotatable bonds is 4. The molecule has 0 spiro atoms. The lowest BCUT2D eigenvalue weighted by molar-refractivity contribution is 0.414. The van der Waals surface area contributed by atoms with E-state index >= 15 is 0 Å². The molecule has 2 heteroatoms. The number of hydrogen-bond acceptors (Lipinski definition) is 2. The normalized spacial score (nSPS) is 17.7. The molecule has 0 saturated heterocycles. The second-order valence-corrected chi connectivity index (χ2v) is 4.92. The molecule has 0 bridgehead atoms. The van der Waals surface area contributed by atoms with Crippen molar-refractivity contribution >= 4 is 0 Å². The molecule has 0 aromatic heterocycles. The summed E-state index contributed by atoms with van der Waals surface area (Å²) >= 11 is 0. The van der Waals surface area contributed by atoms with Crippen molar-refractivity contribution in [2.24, 2.45) is 0 Å². The number of ether oxygens (including phenoxy) is 1. The molecule has 1 N–H and O–H groups in total. The molecule has 0 radical (unpaired) electrons. The van der Waals surface area contributed by atoms with Crippen molar-refractivity contribution in [2.45, 2.75) is 51.1 Å². The standard InChI is InChI=1S/C15H23NO/c1-17-15-10-8-13(9-11-15)12-16-14-6-4-2-3-5-7-14/h8-11,14,16H,2-7,12H2,1H3. The Morgan fingerprint density at radius 3 is 2.29 bits per heavy atom. The summed E-state index contributed by atoms with van der Waals surface area (Å²) in [4.78, 5) is 0. The molecule has 0 amide bonds. The van der Waals surface area contributed by atoms with Crippen LogP contribution in [0.1, 0.15) is 44.1 Å². The van der Waals surface area contributed by atoms with Gasteiger partial charge in [0.1, 0.15) is 5.75 Å². The van der Waals surface area contributed by atoms with Crippen molar-refractivity contribution in [3.8, 4) is 5.75 Å². The maximum atomic E-state index is 5.16. The molecule has 17 heavy (non-hydrogen) atoms. The van der Waals surface area contributed by atoms with Gasteiger partial charge in [-0.25, -0.2) is 0 Å². The average molecular weight is 233 g/mol. The van der Waals surface area contributed by atoms with E-state index in [1.165, 1.54) is 44.1 Å². The first-order valence-electron chi connectivity index (χ1n) is 6.75. The third-order valence-corrected chi connectivity index (χ3v) is 3.61. The van der Waals surface area contributed by atoms with Crippen LogP contribution >= 0.6 is 0 Å². The molecule has 1 aromatic carbocycles. The highest BCUT2D eigenvalue weighted by molar-refractivity contribution is 5.27. The first-order valence-corrected chi connectivity index (χ1v) is 6.75. The second kappa shape index (κ2) is 6.65. The van der Waals surface area contributed by atoms with Gasteiger partial charge in [-0.15, -0.1) is 0 Å². The zero-order valence-electron chi connectivity index (χ0n) is 10.7. The van der Waals surface area contributed by atoms with Gasteiger partial charge in [0.2, 0.25) is 0 Å². The van der Waals surface area contributed by atoms with Gasteiger partial charge >= 0.3 is 0 Å². The lowest BCUT2D eigenvalue weighted by atomic mass is 10.1. The zero-order valence-corrected chi connectivity index (χ0v) is 10.7. The Labute approximate surface area is 104 Å². The van der Waals surface area contributed by atoms with E-state index in [1.54, 1.807) is 7.11 Å². The Bertz CT molecular complexity index is 312. The molecule has 1 aromatic rings. The number of nitrogens with one attached hydrogen (secondary N) is 1. The van der Waals surface area contributed by atoms with Gasteiger partial charge in [0.25, 0.3) is 0 Å². The maximum Gasteiger partial charge on any atom is 0.118 e. The smallest absolute Gasteiger partial charge is 0.118 e. The van der Waals surface area contributed by atoms with Crippen LogP contribution in [0.15, 0.2) is 24.3 Å². The van der Waals surface area contributed by atoms with E-state index in [-0.39, 0.29) is 0 Å². The highest BCUT2D eigenvalue weighted by atomic mass is 16.5. The van der Waals surface area contributed by atoms with E-state index in [0.717, 1.165) is 18.3 Å². The van der Waals surface area contributed by atoms with Gasteiger partial charge < -0.3 is 10.1 Å². The molecule has 0 heterocycles. The Kier molecular flexibility index (Phi) is 4.87. The van der Waals surface area contributed by atoms with Gasteiger partial charge in [0.05, 0.1) is 7.11 Å². The molecule has 1 saturated carbocycles. The first-order chi connectivity index (χ1) is 8.38. The van der Waals surface area contributed by atoms with Gasteiger partial charge in [0, 0.05) is 12.6 Å². The quantitative estimate of drug-likeness (QED) is 0.804. The summed E-state index contributed by atoms with van der Waals surface area (Å²) in [5.74, 6) is 0.934. The third-order valence-electron chi connectivity index (χ3n) is 3.61. The molecular weight excluding hydrogens is 210 g/mol. The maximum absolute atomic E-state index is 5.16. The second-order valence-electron chi connectivity index (χ2n) is 4.92.